The maximum atomic E-state index is 9.98. The molecule has 2 fully saturated rings. The average Bonchev–Trinajstić information content (AvgIpc) is 2.91. The van der Waals surface area contributed by atoms with Crippen molar-refractivity contribution < 1.29 is 5.11 Å². The lowest BCUT2D eigenvalue weighted by molar-refractivity contribution is -0.0229. The molecule has 0 aromatic carbocycles. The Balaban J connectivity index is 1.78. The van der Waals surface area contributed by atoms with Crippen LogP contribution >= 0.6 is 0 Å². The Morgan fingerprint density at radius 1 is 1.08 bits per heavy atom. The molecule has 4 aliphatic carbocycles. The molecule has 4 rings (SSSR count). The maximum Gasteiger partial charge on any atom is 0.115 e. The van der Waals surface area contributed by atoms with E-state index in [-0.39, 0.29) is 5.41 Å². The van der Waals surface area contributed by atoms with Gasteiger partial charge in [-0.25, -0.2) is 0 Å². The Bertz CT molecular complexity index is 621. The van der Waals surface area contributed by atoms with E-state index in [9.17, 15) is 5.11 Å². The van der Waals surface area contributed by atoms with Crippen molar-refractivity contribution in [3.8, 4) is 0 Å². The molecule has 3 N–H and O–H groups in total. The van der Waals surface area contributed by atoms with E-state index in [1.807, 2.05) is 12.2 Å². The summed E-state index contributed by atoms with van der Waals surface area (Å²) in [5.74, 6) is 2.50. The molecule has 0 aliphatic heterocycles. The summed E-state index contributed by atoms with van der Waals surface area (Å²) in [5.41, 5.74) is 1.79. The molecule has 3 nitrogen and oxygen atoms in total. The topological polar surface area (TPSA) is 44.3 Å². The lowest BCUT2D eigenvalue weighted by Gasteiger charge is -2.58. The summed E-state index contributed by atoms with van der Waals surface area (Å²) in [4.78, 5) is 0. The number of hydrogen-bond donors (Lipinski definition) is 3. The van der Waals surface area contributed by atoms with E-state index in [1.165, 1.54) is 31.3 Å². The molecule has 0 bridgehead atoms. The minimum absolute atomic E-state index is 0.0727. The zero-order valence-electron chi connectivity index (χ0n) is 15.5. The third-order valence-corrected chi connectivity index (χ3v) is 8.08. The lowest BCUT2D eigenvalue weighted by atomic mass is 9.48. The number of fused-ring (bicyclic) bond motifs is 5. The van der Waals surface area contributed by atoms with E-state index >= 15 is 0 Å². The summed E-state index contributed by atoms with van der Waals surface area (Å²) < 4.78 is 0. The first-order valence-corrected chi connectivity index (χ1v) is 9.61. The summed E-state index contributed by atoms with van der Waals surface area (Å²) in [7, 11) is 4.23. The number of aliphatic hydroxyl groups is 1. The molecule has 0 spiro atoms. The number of likely N-dealkylation sites (N-methyl/N-ethyl adjacent to an activating group) is 1. The van der Waals surface area contributed by atoms with Crippen molar-refractivity contribution in [1.82, 2.24) is 10.6 Å². The molecule has 7 atom stereocenters. The first-order valence-electron chi connectivity index (χ1n) is 9.61. The zero-order valence-corrected chi connectivity index (χ0v) is 15.5. The second-order valence-corrected chi connectivity index (χ2v) is 8.88. The van der Waals surface area contributed by atoms with Crippen molar-refractivity contribution in [1.29, 1.82) is 0 Å². The fourth-order valence-corrected chi connectivity index (χ4v) is 6.73. The molecule has 4 aliphatic rings. The maximum absolute atomic E-state index is 9.98. The highest BCUT2D eigenvalue weighted by Crippen LogP contribution is 2.63. The van der Waals surface area contributed by atoms with Crippen molar-refractivity contribution in [2.45, 2.75) is 51.6 Å². The standard InChI is InChI=1S/C21H32N2O/c1-20-9-7-14(24)11-13(20)12-17(22-3)19-15-5-6-18(23-4)21(15,2)10-8-16(19)20/h7,9,11-12,15-19,22-24H,5-6,8,10H2,1-4H3/t15-,16-,17-,18-,19-,20-,21-/m0/s1. The van der Waals surface area contributed by atoms with Gasteiger partial charge in [0.15, 0.2) is 0 Å². The molecular formula is C21H32N2O. The van der Waals surface area contributed by atoms with Gasteiger partial charge < -0.3 is 15.7 Å². The van der Waals surface area contributed by atoms with Crippen LogP contribution in [0, 0.1) is 28.6 Å². The number of aliphatic hydroxyl groups excluding tert-OH is 1. The first kappa shape index (κ1) is 16.4. The molecule has 0 aromatic rings. The van der Waals surface area contributed by atoms with Crippen molar-refractivity contribution >= 4 is 0 Å². The summed E-state index contributed by atoms with van der Waals surface area (Å²) in [6.07, 6.45) is 13.8. The Morgan fingerprint density at radius 2 is 1.88 bits per heavy atom. The van der Waals surface area contributed by atoms with Gasteiger partial charge in [-0.05, 0) is 80.7 Å². The molecule has 0 radical (unpaired) electrons. The average molecular weight is 329 g/mol. The Kier molecular flexibility index (Phi) is 3.74. The Labute approximate surface area is 146 Å². The van der Waals surface area contributed by atoms with E-state index < -0.39 is 0 Å². The summed E-state index contributed by atoms with van der Waals surface area (Å²) in [6.45, 7) is 4.91. The molecule has 0 saturated heterocycles. The Morgan fingerprint density at radius 3 is 2.58 bits per heavy atom. The summed E-state index contributed by atoms with van der Waals surface area (Å²) in [5, 5.41) is 17.2. The van der Waals surface area contributed by atoms with Gasteiger partial charge in [-0.3, -0.25) is 0 Å². The molecule has 24 heavy (non-hydrogen) atoms. The zero-order chi connectivity index (χ0) is 17.1. The lowest BCUT2D eigenvalue weighted by Crippen LogP contribution is -2.57. The van der Waals surface area contributed by atoms with E-state index in [2.05, 4.69) is 50.7 Å². The van der Waals surface area contributed by atoms with Crippen molar-refractivity contribution in [2.24, 2.45) is 28.6 Å². The van der Waals surface area contributed by atoms with Gasteiger partial charge in [-0.2, -0.15) is 0 Å². The van der Waals surface area contributed by atoms with Crippen LogP contribution in [0.3, 0.4) is 0 Å². The number of hydrogen-bond acceptors (Lipinski definition) is 3. The molecule has 0 aromatic heterocycles. The summed E-state index contributed by atoms with van der Waals surface area (Å²) in [6, 6.07) is 1.07. The van der Waals surface area contributed by atoms with Crippen LogP contribution in [0.1, 0.15) is 39.5 Å². The third kappa shape index (κ3) is 2.04. The van der Waals surface area contributed by atoms with E-state index in [0.29, 0.717) is 35.1 Å². The van der Waals surface area contributed by atoms with E-state index in [0.717, 1.165) is 5.92 Å². The SMILES string of the molecule is CN[C@H]1C=C2C=C(O)C=C[C@]2(C)[C@H]2CC[C@]3(C)[C@@H](NC)CC[C@H]3[C@H]12. The molecule has 3 heteroatoms. The van der Waals surface area contributed by atoms with Crippen LogP contribution in [-0.4, -0.2) is 31.3 Å². The van der Waals surface area contributed by atoms with Gasteiger partial charge in [0.1, 0.15) is 5.76 Å². The number of nitrogens with one attached hydrogen (secondary N) is 2. The van der Waals surface area contributed by atoms with Gasteiger partial charge in [0.2, 0.25) is 0 Å². The van der Waals surface area contributed by atoms with Crippen LogP contribution in [0.4, 0.5) is 0 Å². The van der Waals surface area contributed by atoms with E-state index in [1.54, 1.807) is 0 Å². The third-order valence-electron chi connectivity index (χ3n) is 8.08. The van der Waals surface area contributed by atoms with Gasteiger partial charge in [0.05, 0.1) is 0 Å². The summed E-state index contributed by atoms with van der Waals surface area (Å²) >= 11 is 0. The van der Waals surface area contributed by atoms with Gasteiger partial charge in [0, 0.05) is 17.5 Å². The van der Waals surface area contributed by atoms with Crippen LogP contribution in [0.15, 0.2) is 35.6 Å². The fraction of sp³-hybridized carbons (Fsp3) is 0.714. The normalized spacial score (nSPS) is 49.8. The monoisotopic (exact) mass is 328 g/mol. The molecule has 2 saturated carbocycles. The number of rotatable bonds is 2. The predicted molar refractivity (Wildman–Crippen MR) is 98.8 cm³/mol. The van der Waals surface area contributed by atoms with Gasteiger partial charge in [0.25, 0.3) is 0 Å². The molecule has 132 valence electrons. The van der Waals surface area contributed by atoms with Gasteiger partial charge >= 0.3 is 0 Å². The smallest absolute Gasteiger partial charge is 0.115 e. The molecule has 0 unspecified atom stereocenters. The highest BCUT2D eigenvalue weighted by molar-refractivity contribution is 5.44. The van der Waals surface area contributed by atoms with Crippen LogP contribution in [0.2, 0.25) is 0 Å². The highest BCUT2D eigenvalue weighted by atomic mass is 16.3. The van der Waals surface area contributed by atoms with E-state index in [4.69, 9.17) is 0 Å². The minimum atomic E-state index is 0.0727. The predicted octanol–water partition coefficient (Wildman–Crippen LogP) is 3.56. The minimum Gasteiger partial charge on any atom is -0.508 e. The van der Waals surface area contributed by atoms with Crippen molar-refractivity contribution in [3.05, 3.63) is 35.6 Å². The largest absolute Gasteiger partial charge is 0.508 e. The van der Waals surface area contributed by atoms with Crippen LogP contribution in [-0.2, 0) is 0 Å². The second kappa shape index (κ2) is 5.47. The van der Waals surface area contributed by atoms with Crippen LogP contribution in [0.25, 0.3) is 0 Å². The molecule has 0 amide bonds. The van der Waals surface area contributed by atoms with Crippen LogP contribution in [0.5, 0.6) is 0 Å². The Hall–Kier alpha value is -1.06. The second-order valence-electron chi connectivity index (χ2n) is 8.88. The van der Waals surface area contributed by atoms with Crippen molar-refractivity contribution in [3.63, 3.8) is 0 Å². The molecular weight excluding hydrogens is 296 g/mol. The van der Waals surface area contributed by atoms with Crippen molar-refractivity contribution in [2.75, 3.05) is 14.1 Å². The fourth-order valence-electron chi connectivity index (χ4n) is 6.73. The quantitative estimate of drug-likeness (QED) is 0.726. The number of allylic oxidation sites excluding steroid dienone is 4. The molecule has 0 heterocycles. The highest BCUT2D eigenvalue weighted by Gasteiger charge is 2.59. The van der Waals surface area contributed by atoms with Crippen LogP contribution < -0.4 is 10.6 Å². The van der Waals surface area contributed by atoms with Gasteiger partial charge in [-0.15, -0.1) is 0 Å². The van der Waals surface area contributed by atoms with Gasteiger partial charge in [-0.1, -0.05) is 26.0 Å². The first-order chi connectivity index (χ1) is 11.4.